The first-order chi connectivity index (χ1) is 14.5. The lowest BCUT2D eigenvalue weighted by Gasteiger charge is -2.23. The Morgan fingerprint density at radius 2 is 1.93 bits per heavy atom. The first-order valence-corrected chi connectivity index (χ1v) is 12.2. The molecule has 7 nitrogen and oxygen atoms in total. The topological polar surface area (TPSA) is 81.5 Å². The number of carbonyl (C=O) groups is 1. The van der Waals surface area contributed by atoms with Crippen molar-refractivity contribution in [3.05, 3.63) is 47.8 Å². The van der Waals surface area contributed by atoms with Gasteiger partial charge in [0.05, 0.1) is 30.8 Å². The molecule has 0 bridgehead atoms. The normalized spacial score (nSPS) is 16.6. The minimum Gasteiger partial charge on any atom is -0.383 e. The Bertz CT molecular complexity index is 979. The minimum absolute atomic E-state index is 0.0450. The summed E-state index contributed by atoms with van der Waals surface area (Å²) in [5.41, 5.74) is 1.47. The Labute approximate surface area is 178 Å². The second-order valence-electron chi connectivity index (χ2n) is 8.36. The summed E-state index contributed by atoms with van der Waals surface area (Å²) in [6.45, 7) is 1.89. The molecular weight excluding hydrogens is 402 g/mol. The van der Waals surface area contributed by atoms with E-state index in [0.29, 0.717) is 25.6 Å². The van der Waals surface area contributed by atoms with Gasteiger partial charge in [-0.05, 0) is 37.2 Å². The molecule has 162 valence electrons. The molecule has 0 radical (unpaired) electrons. The van der Waals surface area contributed by atoms with Crippen molar-refractivity contribution in [2.75, 3.05) is 20.3 Å². The van der Waals surface area contributed by atoms with Gasteiger partial charge in [0.2, 0.25) is 20.9 Å². The molecule has 4 rings (SSSR count). The number of amides is 1. The van der Waals surface area contributed by atoms with Gasteiger partial charge < -0.3 is 14.2 Å². The van der Waals surface area contributed by atoms with E-state index in [-0.39, 0.29) is 22.7 Å². The summed E-state index contributed by atoms with van der Waals surface area (Å²) < 4.78 is 33.2. The number of rotatable bonds is 11. The van der Waals surface area contributed by atoms with Crippen LogP contribution >= 0.6 is 0 Å². The van der Waals surface area contributed by atoms with Crippen LogP contribution in [-0.4, -0.2) is 49.0 Å². The van der Waals surface area contributed by atoms with Crippen molar-refractivity contribution in [2.45, 2.75) is 49.7 Å². The number of sulfone groups is 1. The summed E-state index contributed by atoms with van der Waals surface area (Å²) in [5.74, 6) is 0.796. The van der Waals surface area contributed by atoms with Gasteiger partial charge in [-0.2, -0.15) is 0 Å². The van der Waals surface area contributed by atoms with Gasteiger partial charge in [-0.3, -0.25) is 4.79 Å². The summed E-state index contributed by atoms with van der Waals surface area (Å²) in [6, 6.07) is 9.11. The second kappa shape index (κ2) is 8.89. The molecule has 0 spiro atoms. The van der Waals surface area contributed by atoms with Gasteiger partial charge in [0.15, 0.2) is 0 Å². The molecule has 0 unspecified atom stereocenters. The van der Waals surface area contributed by atoms with Crippen LogP contribution in [0.2, 0.25) is 0 Å². The fourth-order valence-electron chi connectivity index (χ4n) is 3.67. The molecule has 2 fully saturated rings. The van der Waals surface area contributed by atoms with Crippen LogP contribution in [0.4, 0.5) is 0 Å². The predicted octanol–water partition coefficient (Wildman–Crippen LogP) is 2.65. The van der Waals surface area contributed by atoms with E-state index < -0.39 is 9.84 Å². The third kappa shape index (κ3) is 5.10. The molecule has 0 N–H and O–H groups in total. The van der Waals surface area contributed by atoms with Crippen molar-refractivity contribution in [3.8, 4) is 0 Å². The van der Waals surface area contributed by atoms with E-state index in [0.717, 1.165) is 43.5 Å². The number of nitrogens with zero attached hydrogens (tertiary/aromatic N) is 3. The highest BCUT2D eigenvalue weighted by atomic mass is 32.2. The summed E-state index contributed by atoms with van der Waals surface area (Å²) in [5, 5.41) is 0.0450. The average Bonchev–Trinajstić information content (AvgIpc) is 3.65. The van der Waals surface area contributed by atoms with E-state index in [9.17, 15) is 13.2 Å². The van der Waals surface area contributed by atoms with Crippen LogP contribution < -0.4 is 0 Å². The Morgan fingerprint density at radius 1 is 1.20 bits per heavy atom. The molecule has 2 saturated carbocycles. The van der Waals surface area contributed by atoms with Gasteiger partial charge in [-0.1, -0.05) is 30.3 Å². The highest BCUT2D eigenvalue weighted by Crippen LogP contribution is 2.35. The van der Waals surface area contributed by atoms with Crippen molar-refractivity contribution >= 4 is 15.7 Å². The van der Waals surface area contributed by atoms with E-state index >= 15 is 0 Å². The number of imidazole rings is 1. The summed E-state index contributed by atoms with van der Waals surface area (Å²) in [6.07, 6.45) is 5.84. The first-order valence-electron chi connectivity index (χ1n) is 10.6. The number of benzene rings is 1. The van der Waals surface area contributed by atoms with Crippen LogP contribution in [-0.2, 0) is 38.2 Å². The molecule has 1 aromatic carbocycles. The average molecular weight is 432 g/mol. The largest absolute Gasteiger partial charge is 0.383 e. The van der Waals surface area contributed by atoms with Crippen LogP contribution in [0, 0.1) is 11.8 Å². The Balaban J connectivity index is 1.59. The van der Waals surface area contributed by atoms with E-state index in [1.165, 1.54) is 0 Å². The van der Waals surface area contributed by atoms with Crippen LogP contribution in [0.1, 0.15) is 36.9 Å². The van der Waals surface area contributed by atoms with Gasteiger partial charge in [0.1, 0.15) is 0 Å². The number of aromatic nitrogens is 2. The number of hydrogen-bond donors (Lipinski definition) is 0. The fourth-order valence-corrected chi connectivity index (χ4v) is 5.19. The Hall–Kier alpha value is -2.19. The van der Waals surface area contributed by atoms with Crippen molar-refractivity contribution in [2.24, 2.45) is 11.8 Å². The van der Waals surface area contributed by atoms with Crippen LogP contribution in [0.3, 0.4) is 0 Å². The first kappa shape index (κ1) is 21.1. The summed E-state index contributed by atoms with van der Waals surface area (Å²) in [4.78, 5) is 19.0. The zero-order valence-electron chi connectivity index (χ0n) is 17.4. The van der Waals surface area contributed by atoms with E-state index in [1.54, 1.807) is 30.0 Å². The monoisotopic (exact) mass is 431 g/mol. The Morgan fingerprint density at radius 3 is 2.57 bits per heavy atom. The molecule has 1 aromatic heterocycles. The molecule has 8 heteroatoms. The smallest absolute Gasteiger partial charge is 0.228 e. The van der Waals surface area contributed by atoms with Crippen molar-refractivity contribution < 1.29 is 17.9 Å². The minimum atomic E-state index is -3.63. The molecular formula is C22H29N3O4S. The molecule has 30 heavy (non-hydrogen) atoms. The lowest BCUT2D eigenvalue weighted by atomic mass is 10.2. The summed E-state index contributed by atoms with van der Waals surface area (Å²) in [7, 11) is -2.04. The maximum Gasteiger partial charge on any atom is 0.228 e. The van der Waals surface area contributed by atoms with Crippen LogP contribution in [0.25, 0.3) is 0 Å². The van der Waals surface area contributed by atoms with Crippen LogP contribution in [0.15, 0.2) is 41.7 Å². The van der Waals surface area contributed by atoms with E-state index in [2.05, 4.69) is 4.98 Å². The zero-order chi connectivity index (χ0) is 21.1. The number of ether oxygens (including phenoxy) is 1. The second-order valence-corrected chi connectivity index (χ2v) is 10.2. The highest BCUT2D eigenvalue weighted by molar-refractivity contribution is 7.90. The lowest BCUT2D eigenvalue weighted by molar-refractivity contribution is -0.133. The molecule has 1 amide bonds. The predicted molar refractivity (Wildman–Crippen MR) is 112 cm³/mol. The van der Waals surface area contributed by atoms with Crippen molar-refractivity contribution in [3.63, 3.8) is 0 Å². The molecule has 1 heterocycles. The number of hydrogen-bond acceptors (Lipinski definition) is 5. The SMILES string of the molecule is COCCn1c(CN(CC2CC2)C(=O)C2CC2)cnc1S(=O)(=O)Cc1ccccc1. The van der Waals surface area contributed by atoms with E-state index in [4.69, 9.17) is 4.74 Å². The molecule has 2 aromatic rings. The lowest BCUT2D eigenvalue weighted by Crippen LogP contribution is -2.34. The zero-order valence-corrected chi connectivity index (χ0v) is 18.2. The van der Waals surface area contributed by atoms with Crippen molar-refractivity contribution in [1.82, 2.24) is 14.5 Å². The maximum atomic E-state index is 13.1. The highest BCUT2D eigenvalue weighted by Gasteiger charge is 2.36. The molecule has 0 saturated heterocycles. The van der Waals surface area contributed by atoms with Crippen molar-refractivity contribution in [1.29, 1.82) is 0 Å². The van der Waals surface area contributed by atoms with Gasteiger partial charge in [-0.15, -0.1) is 0 Å². The standard InChI is InChI=1S/C22H29N3O4S/c1-29-12-11-25-20(15-24(14-17-7-8-17)21(26)19-9-10-19)13-23-22(25)30(27,28)16-18-5-3-2-4-6-18/h2-6,13,17,19H,7-12,14-16H2,1H3. The molecule has 0 atom stereocenters. The van der Waals surface area contributed by atoms with E-state index in [1.807, 2.05) is 23.1 Å². The molecule has 2 aliphatic rings. The van der Waals surface area contributed by atoms with Gasteiger partial charge >= 0.3 is 0 Å². The fraction of sp³-hybridized carbons (Fsp3) is 0.545. The summed E-state index contributed by atoms with van der Waals surface area (Å²) >= 11 is 0. The number of carbonyl (C=O) groups excluding carboxylic acids is 1. The van der Waals surface area contributed by atoms with Gasteiger partial charge in [0.25, 0.3) is 0 Å². The third-order valence-corrected chi connectivity index (χ3v) is 7.26. The van der Waals surface area contributed by atoms with Gasteiger partial charge in [0, 0.05) is 26.1 Å². The quantitative estimate of drug-likeness (QED) is 0.546. The number of methoxy groups -OCH3 is 1. The van der Waals surface area contributed by atoms with Gasteiger partial charge in [-0.25, -0.2) is 13.4 Å². The molecule has 0 aliphatic heterocycles. The Kier molecular flexibility index (Phi) is 6.24. The maximum absolute atomic E-state index is 13.1. The van der Waals surface area contributed by atoms with Crippen LogP contribution in [0.5, 0.6) is 0 Å². The molecule has 2 aliphatic carbocycles. The third-order valence-electron chi connectivity index (χ3n) is 5.66.